The number of benzene rings is 1. The van der Waals surface area contributed by atoms with Gasteiger partial charge in [0.1, 0.15) is 0 Å². The van der Waals surface area contributed by atoms with E-state index in [1.807, 2.05) is 0 Å². The fourth-order valence-electron chi connectivity index (χ4n) is 2.50. The summed E-state index contributed by atoms with van der Waals surface area (Å²) in [6.07, 6.45) is 5.98. The van der Waals surface area contributed by atoms with Crippen LogP contribution in [0, 0.1) is 0 Å². The number of halogens is 1. The van der Waals surface area contributed by atoms with Gasteiger partial charge in [-0.15, -0.1) is 24.0 Å². The minimum absolute atomic E-state index is 0. The highest BCUT2D eigenvalue weighted by Crippen LogP contribution is 2.17. The summed E-state index contributed by atoms with van der Waals surface area (Å²) in [7, 11) is -3.68. The van der Waals surface area contributed by atoms with Crippen LogP contribution in [0.15, 0.2) is 34.2 Å². The lowest BCUT2D eigenvalue weighted by Gasteiger charge is -2.23. The summed E-state index contributed by atoms with van der Waals surface area (Å²) in [5, 5.41) is 8.32. The van der Waals surface area contributed by atoms with Crippen molar-refractivity contribution >= 4 is 40.0 Å². The van der Waals surface area contributed by atoms with E-state index in [-0.39, 0.29) is 28.9 Å². The lowest BCUT2D eigenvalue weighted by Crippen LogP contribution is -2.41. The van der Waals surface area contributed by atoms with Gasteiger partial charge in [-0.05, 0) is 30.5 Å². The number of primary sulfonamides is 1. The molecule has 1 saturated carbocycles. The average Bonchev–Trinajstić information content (AvgIpc) is 2.46. The van der Waals surface area contributed by atoms with Crippen LogP contribution in [-0.2, 0) is 16.6 Å². The molecular formula is C14H23IN4O2S. The number of hydrogen-bond acceptors (Lipinski definition) is 3. The zero-order valence-corrected chi connectivity index (χ0v) is 15.5. The van der Waals surface area contributed by atoms with Gasteiger partial charge in [0.2, 0.25) is 10.0 Å². The van der Waals surface area contributed by atoms with E-state index in [1.54, 1.807) is 12.1 Å². The molecule has 8 heteroatoms. The first-order valence-electron chi connectivity index (χ1n) is 7.13. The minimum Gasteiger partial charge on any atom is -0.370 e. The molecule has 0 aromatic heterocycles. The van der Waals surface area contributed by atoms with E-state index in [2.05, 4.69) is 10.3 Å². The largest absolute Gasteiger partial charge is 0.370 e. The van der Waals surface area contributed by atoms with Crippen molar-refractivity contribution < 1.29 is 8.42 Å². The first-order valence-corrected chi connectivity index (χ1v) is 8.68. The maximum absolute atomic E-state index is 11.3. The minimum atomic E-state index is -3.68. The molecule has 5 N–H and O–H groups in total. The van der Waals surface area contributed by atoms with Crippen molar-refractivity contribution in [3.05, 3.63) is 29.8 Å². The van der Waals surface area contributed by atoms with Gasteiger partial charge in [0.15, 0.2) is 5.96 Å². The van der Waals surface area contributed by atoms with Gasteiger partial charge in [0.05, 0.1) is 11.4 Å². The van der Waals surface area contributed by atoms with E-state index in [4.69, 9.17) is 10.9 Å². The Labute approximate surface area is 148 Å². The molecule has 1 fully saturated rings. The first kappa shape index (κ1) is 19.2. The second-order valence-corrected chi connectivity index (χ2v) is 6.93. The molecule has 1 aliphatic rings. The summed E-state index contributed by atoms with van der Waals surface area (Å²) in [6.45, 7) is 0.328. The number of hydrogen-bond donors (Lipinski definition) is 3. The van der Waals surface area contributed by atoms with Crippen LogP contribution in [0.3, 0.4) is 0 Å². The summed E-state index contributed by atoms with van der Waals surface area (Å²) in [5.74, 6) is 0.405. The zero-order valence-electron chi connectivity index (χ0n) is 12.4. The Kier molecular flexibility index (Phi) is 7.57. The van der Waals surface area contributed by atoms with Crippen molar-refractivity contribution in [2.75, 3.05) is 0 Å². The average molecular weight is 438 g/mol. The lowest BCUT2D eigenvalue weighted by atomic mass is 9.96. The molecule has 124 valence electrons. The molecule has 1 aliphatic carbocycles. The molecule has 0 saturated heterocycles. The van der Waals surface area contributed by atoms with Crippen LogP contribution in [0.25, 0.3) is 0 Å². The summed E-state index contributed by atoms with van der Waals surface area (Å²) in [4.78, 5) is 4.35. The maximum atomic E-state index is 11.3. The van der Waals surface area contributed by atoms with Crippen molar-refractivity contribution in [1.29, 1.82) is 0 Å². The van der Waals surface area contributed by atoms with Crippen LogP contribution >= 0.6 is 24.0 Å². The van der Waals surface area contributed by atoms with Gasteiger partial charge >= 0.3 is 0 Å². The van der Waals surface area contributed by atoms with Crippen LogP contribution in [0.1, 0.15) is 37.7 Å². The van der Waals surface area contributed by atoms with Gasteiger partial charge < -0.3 is 11.1 Å². The smallest absolute Gasteiger partial charge is 0.238 e. The maximum Gasteiger partial charge on any atom is 0.238 e. The van der Waals surface area contributed by atoms with Crippen LogP contribution in [0.2, 0.25) is 0 Å². The molecule has 0 spiro atoms. The van der Waals surface area contributed by atoms with Crippen molar-refractivity contribution in [2.24, 2.45) is 15.9 Å². The van der Waals surface area contributed by atoms with Crippen molar-refractivity contribution in [3.8, 4) is 0 Å². The molecule has 1 aromatic carbocycles. The number of sulfonamides is 1. The Bertz CT molecular complexity index is 613. The van der Waals surface area contributed by atoms with Gasteiger partial charge in [-0.1, -0.05) is 31.4 Å². The van der Waals surface area contributed by atoms with E-state index in [0.29, 0.717) is 18.5 Å². The van der Waals surface area contributed by atoms with Gasteiger partial charge in [0.25, 0.3) is 0 Å². The van der Waals surface area contributed by atoms with Gasteiger partial charge in [0, 0.05) is 6.04 Å². The predicted octanol–water partition coefficient (Wildman–Crippen LogP) is 1.69. The molecule has 0 bridgehead atoms. The Hall–Kier alpha value is -0.870. The molecule has 2 rings (SSSR count). The normalized spacial score (nSPS) is 16.9. The molecule has 22 heavy (non-hydrogen) atoms. The number of guanidine groups is 1. The van der Waals surface area contributed by atoms with Crippen molar-refractivity contribution in [2.45, 2.75) is 49.6 Å². The summed E-state index contributed by atoms with van der Waals surface area (Å²) in [6, 6.07) is 6.83. The molecule has 0 aliphatic heterocycles. The highest BCUT2D eigenvalue weighted by Gasteiger charge is 2.13. The first-order chi connectivity index (χ1) is 9.95. The van der Waals surface area contributed by atoms with Crippen molar-refractivity contribution in [1.82, 2.24) is 5.32 Å². The Morgan fingerprint density at radius 2 is 1.95 bits per heavy atom. The highest BCUT2D eigenvalue weighted by atomic mass is 127. The third kappa shape index (κ3) is 6.09. The number of nitrogens with two attached hydrogens (primary N) is 2. The molecule has 0 radical (unpaired) electrons. The van der Waals surface area contributed by atoms with E-state index < -0.39 is 10.0 Å². The Balaban J connectivity index is 0.00000242. The number of nitrogens with one attached hydrogen (secondary N) is 1. The monoisotopic (exact) mass is 438 g/mol. The summed E-state index contributed by atoms with van der Waals surface area (Å²) in [5.41, 5.74) is 6.63. The molecule has 0 heterocycles. The number of nitrogens with zero attached hydrogens (tertiary/aromatic N) is 1. The second-order valence-electron chi connectivity index (χ2n) is 5.37. The Morgan fingerprint density at radius 3 is 2.59 bits per heavy atom. The quantitative estimate of drug-likeness (QED) is 0.378. The molecule has 6 nitrogen and oxygen atoms in total. The zero-order chi connectivity index (χ0) is 15.3. The third-order valence-corrected chi connectivity index (χ3v) is 4.53. The van der Waals surface area contributed by atoms with E-state index in [1.165, 1.54) is 31.4 Å². The molecular weight excluding hydrogens is 415 g/mol. The molecule has 0 amide bonds. The van der Waals surface area contributed by atoms with Crippen LogP contribution in [0.4, 0.5) is 0 Å². The van der Waals surface area contributed by atoms with E-state index in [9.17, 15) is 8.42 Å². The Morgan fingerprint density at radius 1 is 1.27 bits per heavy atom. The van der Waals surface area contributed by atoms with Crippen LogP contribution in [0.5, 0.6) is 0 Å². The molecule has 1 aromatic rings. The fourth-order valence-corrected chi connectivity index (χ4v) is 3.08. The van der Waals surface area contributed by atoms with E-state index >= 15 is 0 Å². The third-order valence-electron chi connectivity index (χ3n) is 3.62. The highest BCUT2D eigenvalue weighted by molar-refractivity contribution is 14.0. The second kappa shape index (κ2) is 8.68. The summed E-state index contributed by atoms with van der Waals surface area (Å²) < 4.78 is 22.6. The predicted molar refractivity (Wildman–Crippen MR) is 98.6 cm³/mol. The van der Waals surface area contributed by atoms with Crippen LogP contribution < -0.4 is 16.2 Å². The topological polar surface area (TPSA) is 111 Å². The van der Waals surface area contributed by atoms with Crippen molar-refractivity contribution in [3.63, 3.8) is 0 Å². The molecule has 0 unspecified atom stereocenters. The number of rotatable bonds is 4. The van der Waals surface area contributed by atoms with Gasteiger partial charge in [-0.2, -0.15) is 0 Å². The summed E-state index contributed by atoms with van der Waals surface area (Å²) >= 11 is 0. The van der Waals surface area contributed by atoms with Gasteiger partial charge in [-0.3, -0.25) is 0 Å². The van der Waals surface area contributed by atoms with Gasteiger partial charge in [-0.25, -0.2) is 18.5 Å². The lowest BCUT2D eigenvalue weighted by molar-refractivity contribution is 0.412. The fraction of sp³-hybridized carbons (Fsp3) is 0.500. The molecule has 0 atom stereocenters. The van der Waals surface area contributed by atoms with Crippen LogP contribution in [-0.4, -0.2) is 20.4 Å². The SMILES string of the molecule is I.NC(=NCc1cccc(S(N)(=O)=O)c1)NC1CCCCC1. The number of aliphatic imine (C=N–C) groups is 1. The standard InChI is InChI=1S/C14H22N4O2S.HI/c15-14(18-12-6-2-1-3-7-12)17-10-11-5-4-8-13(9-11)21(16,19)20;/h4-5,8-9,12H,1-3,6-7,10H2,(H3,15,17,18)(H2,16,19,20);1H. The van der Waals surface area contributed by atoms with E-state index in [0.717, 1.165) is 18.4 Å².